The summed E-state index contributed by atoms with van der Waals surface area (Å²) in [5.74, 6) is 1.93. The molecular formula is C11H13BrOS2. The first-order valence-corrected chi connectivity index (χ1v) is 8.02. The summed E-state index contributed by atoms with van der Waals surface area (Å²) in [6.45, 7) is 2.09. The number of hydrogen-bond donors (Lipinski definition) is 0. The molecule has 15 heavy (non-hydrogen) atoms. The largest absolute Gasteiger partial charge is 0.258 e. The summed E-state index contributed by atoms with van der Waals surface area (Å²) >= 11 is 5.36. The van der Waals surface area contributed by atoms with Crippen LogP contribution in [0.1, 0.15) is 18.9 Å². The van der Waals surface area contributed by atoms with Gasteiger partial charge in [-0.25, -0.2) is 0 Å². The molecule has 1 aromatic rings. The van der Waals surface area contributed by atoms with Crippen LogP contribution in [0.15, 0.2) is 28.7 Å². The van der Waals surface area contributed by atoms with E-state index in [1.54, 1.807) is 0 Å². The quantitative estimate of drug-likeness (QED) is 0.790. The summed E-state index contributed by atoms with van der Waals surface area (Å²) in [6.07, 6.45) is 1.07. The Hall–Kier alpha value is 0.200. The molecule has 1 saturated heterocycles. The summed E-state index contributed by atoms with van der Waals surface area (Å²) < 4.78 is 13.0. The van der Waals surface area contributed by atoms with Crippen LogP contribution in [-0.2, 0) is 14.9 Å². The van der Waals surface area contributed by atoms with E-state index in [0.29, 0.717) is 0 Å². The van der Waals surface area contributed by atoms with Crippen molar-refractivity contribution >= 4 is 38.5 Å². The average Bonchev–Trinajstić information content (AvgIpc) is 2.23. The highest BCUT2D eigenvalue weighted by atomic mass is 79.9. The first-order valence-electron chi connectivity index (χ1n) is 4.92. The van der Waals surface area contributed by atoms with Crippen LogP contribution < -0.4 is 0 Å². The van der Waals surface area contributed by atoms with E-state index >= 15 is 0 Å². The van der Waals surface area contributed by atoms with Crippen molar-refractivity contribution in [3.05, 3.63) is 34.3 Å². The fourth-order valence-electron chi connectivity index (χ4n) is 1.75. The van der Waals surface area contributed by atoms with Crippen LogP contribution in [-0.4, -0.2) is 15.7 Å². The lowest BCUT2D eigenvalue weighted by molar-refractivity contribution is 0.667. The van der Waals surface area contributed by atoms with E-state index in [4.69, 9.17) is 0 Å². The van der Waals surface area contributed by atoms with Crippen molar-refractivity contribution in [2.45, 2.75) is 17.4 Å². The van der Waals surface area contributed by atoms with Gasteiger partial charge in [0.2, 0.25) is 0 Å². The van der Waals surface area contributed by atoms with Crippen LogP contribution in [0.3, 0.4) is 0 Å². The summed E-state index contributed by atoms with van der Waals surface area (Å²) in [6, 6.07) is 8.10. The van der Waals surface area contributed by atoms with Gasteiger partial charge in [0.05, 0.1) is 0 Å². The first kappa shape index (κ1) is 11.7. The molecule has 1 unspecified atom stereocenters. The summed E-state index contributed by atoms with van der Waals surface area (Å²) in [5.41, 5.74) is 1.16. The molecule has 0 spiro atoms. The number of thioether (sulfide) groups is 1. The zero-order valence-corrected chi connectivity index (χ0v) is 11.8. The molecule has 1 fully saturated rings. The molecule has 1 heterocycles. The highest BCUT2D eigenvalue weighted by Gasteiger charge is 2.37. The maximum absolute atomic E-state index is 12.1. The van der Waals surface area contributed by atoms with Gasteiger partial charge in [-0.05, 0) is 30.7 Å². The van der Waals surface area contributed by atoms with Crippen LogP contribution >= 0.6 is 27.7 Å². The number of rotatable bonds is 1. The average molecular weight is 305 g/mol. The maximum atomic E-state index is 12.1. The Morgan fingerprint density at radius 1 is 1.47 bits per heavy atom. The van der Waals surface area contributed by atoms with Gasteiger partial charge in [-0.3, -0.25) is 4.21 Å². The zero-order valence-electron chi connectivity index (χ0n) is 8.53. The summed E-state index contributed by atoms with van der Waals surface area (Å²) in [7, 11) is -0.772. The van der Waals surface area contributed by atoms with E-state index in [1.165, 1.54) is 0 Å². The molecule has 4 heteroatoms. The second-order valence-electron chi connectivity index (χ2n) is 3.68. The van der Waals surface area contributed by atoms with E-state index < -0.39 is 10.8 Å². The Labute approximate surface area is 106 Å². The fraction of sp³-hybridized carbons (Fsp3) is 0.455. The van der Waals surface area contributed by atoms with Crippen LogP contribution in [0.4, 0.5) is 0 Å². The maximum Gasteiger partial charge on any atom is 0.114 e. The van der Waals surface area contributed by atoms with Gasteiger partial charge in [-0.1, -0.05) is 34.1 Å². The van der Waals surface area contributed by atoms with Gasteiger partial charge in [0.25, 0.3) is 0 Å². The van der Waals surface area contributed by atoms with Gasteiger partial charge in [-0.15, -0.1) is 11.8 Å². The molecule has 1 aromatic carbocycles. The lowest BCUT2D eigenvalue weighted by atomic mass is 10.2. The van der Waals surface area contributed by atoms with Crippen molar-refractivity contribution < 1.29 is 4.21 Å². The third-order valence-corrected chi connectivity index (χ3v) is 7.26. The zero-order chi connectivity index (χ0) is 10.9. The SMILES string of the molecule is C[C@@]1(c2ccccc2Br)SCCCS1=O. The standard InChI is InChI=1S/C11H13BrOS2/c1-11(14-7-4-8-15(11)13)9-5-2-3-6-10(9)12/h2-3,5-6H,4,7-8H2,1H3/t11-,15?/m1/s1. The second-order valence-corrected chi connectivity index (χ2v) is 8.22. The molecule has 0 amide bonds. The topological polar surface area (TPSA) is 17.1 Å². The third kappa shape index (κ3) is 2.17. The molecule has 1 aliphatic heterocycles. The van der Waals surface area contributed by atoms with Gasteiger partial charge >= 0.3 is 0 Å². The Morgan fingerprint density at radius 3 is 2.87 bits per heavy atom. The summed E-state index contributed by atoms with van der Waals surface area (Å²) in [4.78, 5) is 0. The summed E-state index contributed by atoms with van der Waals surface area (Å²) in [5, 5.41) is 0. The highest BCUT2D eigenvalue weighted by molar-refractivity contribution is 9.10. The minimum atomic E-state index is -0.772. The molecule has 0 radical (unpaired) electrons. The van der Waals surface area contributed by atoms with Gasteiger partial charge in [0.15, 0.2) is 0 Å². The van der Waals surface area contributed by atoms with E-state index in [0.717, 1.165) is 28.0 Å². The smallest absolute Gasteiger partial charge is 0.114 e. The minimum absolute atomic E-state index is 0.238. The molecule has 0 bridgehead atoms. The van der Waals surface area contributed by atoms with E-state index in [2.05, 4.69) is 28.9 Å². The second kappa shape index (κ2) is 4.60. The Balaban J connectivity index is 2.44. The normalized spacial score (nSPS) is 31.5. The van der Waals surface area contributed by atoms with Gasteiger partial charge in [0, 0.05) is 21.0 Å². The highest BCUT2D eigenvalue weighted by Crippen LogP contribution is 2.45. The van der Waals surface area contributed by atoms with Crippen LogP contribution in [0.25, 0.3) is 0 Å². The number of hydrogen-bond acceptors (Lipinski definition) is 2. The lowest BCUT2D eigenvalue weighted by Gasteiger charge is -2.33. The van der Waals surface area contributed by atoms with E-state index in [1.807, 2.05) is 30.0 Å². The molecule has 1 nitrogen and oxygen atoms in total. The third-order valence-electron chi connectivity index (χ3n) is 2.65. The fourth-order valence-corrected chi connectivity index (χ4v) is 6.13. The van der Waals surface area contributed by atoms with Crippen LogP contribution in [0.5, 0.6) is 0 Å². The molecule has 1 aliphatic rings. The first-order chi connectivity index (χ1) is 7.14. The van der Waals surface area contributed by atoms with Gasteiger partial charge in [0.1, 0.15) is 4.08 Å². The predicted octanol–water partition coefficient (Wildman–Crippen LogP) is 3.51. The lowest BCUT2D eigenvalue weighted by Crippen LogP contribution is -2.30. The van der Waals surface area contributed by atoms with Crippen molar-refractivity contribution in [3.63, 3.8) is 0 Å². The van der Waals surface area contributed by atoms with Crippen molar-refractivity contribution in [3.8, 4) is 0 Å². The molecule has 0 saturated carbocycles. The van der Waals surface area contributed by atoms with Crippen molar-refractivity contribution in [1.82, 2.24) is 0 Å². The Morgan fingerprint density at radius 2 is 2.20 bits per heavy atom. The Bertz CT molecular complexity index is 394. The monoisotopic (exact) mass is 304 g/mol. The number of halogens is 1. The van der Waals surface area contributed by atoms with Gasteiger partial charge < -0.3 is 0 Å². The molecule has 82 valence electrons. The molecule has 2 atom stereocenters. The molecule has 0 aromatic heterocycles. The van der Waals surface area contributed by atoms with Crippen LogP contribution in [0, 0.1) is 0 Å². The Kier molecular flexibility index (Phi) is 3.58. The molecule has 0 N–H and O–H groups in total. The predicted molar refractivity (Wildman–Crippen MR) is 71.6 cm³/mol. The van der Waals surface area contributed by atoms with E-state index in [9.17, 15) is 4.21 Å². The van der Waals surface area contributed by atoms with Crippen LogP contribution in [0.2, 0.25) is 0 Å². The van der Waals surface area contributed by atoms with Crippen molar-refractivity contribution in [2.24, 2.45) is 0 Å². The number of benzene rings is 1. The molecule has 0 aliphatic carbocycles. The minimum Gasteiger partial charge on any atom is -0.258 e. The molecule has 2 rings (SSSR count). The molecular weight excluding hydrogens is 292 g/mol. The van der Waals surface area contributed by atoms with Crippen molar-refractivity contribution in [1.29, 1.82) is 0 Å². The van der Waals surface area contributed by atoms with E-state index in [-0.39, 0.29) is 4.08 Å². The van der Waals surface area contributed by atoms with Crippen molar-refractivity contribution in [2.75, 3.05) is 11.5 Å². The van der Waals surface area contributed by atoms with Gasteiger partial charge in [-0.2, -0.15) is 0 Å².